The monoisotopic (exact) mass is 414 g/mol. The first-order valence-electron chi connectivity index (χ1n) is 10.2. The van der Waals surface area contributed by atoms with Crippen molar-refractivity contribution in [2.45, 2.75) is 51.3 Å². The van der Waals surface area contributed by atoms with E-state index in [0.29, 0.717) is 36.2 Å². The van der Waals surface area contributed by atoms with E-state index in [2.05, 4.69) is 26.1 Å². The number of anilines is 1. The fourth-order valence-electron chi connectivity index (χ4n) is 3.53. The minimum atomic E-state index is -3.59. The molecular formula is C23H30N2O3S. The largest absolute Gasteiger partial charge is 0.322 e. The first kappa shape index (κ1) is 21.5. The van der Waals surface area contributed by atoms with Gasteiger partial charge < -0.3 is 5.32 Å². The maximum Gasteiger partial charge on any atom is 0.255 e. The number of nitrogens with one attached hydrogen (secondary N) is 1. The molecule has 3 rings (SSSR count). The maximum atomic E-state index is 13.0. The zero-order chi connectivity index (χ0) is 21.2. The topological polar surface area (TPSA) is 66.5 Å². The second kappa shape index (κ2) is 8.67. The highest BCUT2D eigenvalue weighted by atomic mass is 32.2. The van der Waals surface area contributed by atoms with Crippen molar-refractivity contribution < 1.29 is 13.2 Å². The number of hydrogen-bond acceptors (Lipinski definition) is 3. The van der Waals surface area contributed by atoms with Crippen molar-refractivity contribution in [3.8, 4) is 0 Å². The normalized spacial score (nSPS) is 16.2. The predicted octanol–water partition coefficient (Wildman–Crippen LogP) is 4.79. The highest BCUT2D eigenvalue weighted by molar-refractivity contribution is 7.89. The molecule has 0 bridgehead atoms. The Kier molecular flexibility index (Phi) is 6.44. The Morgan fingerprint density at radius 1 is 1.07 bits per heavy atom. The van der Waals surface area contributed by atoms with Gasteiger partial charge in [0.05, 0.1) is 4.90 Å². The van der Waals surface area contributed by atoms with Crippen LogP contribution in [0.2, 0.25) is 0 Å². The zero-order valence-electron chi connectivity index (χ0n) is 17.6. The molecule has 0 aromatic heterocycles. The first-order chi connectivity index (χ1) is 13.7. The van der Waals surface area contributed by atoms with Crippen molar-refractivity contribution in [1.82, 2.24) is 4.31 Å². The van der Waals surface area contributed by atoms with Crippen LogP contribution in [-0.2, 0) is 10.0 Å². The molecule has 1 heterocycles. The number of piperidine rings is 1. The Labute approximate surface area is 174 Å². The SMILES string of the molecule is Cc1ccc(S(=O)(=O)N2CCC(C)CC2)cc1C(=O)Nc1ccc(C(C)C)cc1. The van der Waals surface area contributed by atoms with E-state index in [-0.39, 0.29) is 10.8 Å². The summed E-state index contributed by atoms with van der Waals surface area (Å²) in [6.45, 7) is 9.25. The van der Waals surface area contributed by atoms with E-state index in [9.17, 15) is 13.2 Å². The van der Waals surface area contributed by atoms with Crippen LogP contribution in [0.15, 0.2) is 47.4 Å². The summed E-state index contributed by atoms with van der Waals surface area (Å²) < 4.78 is 27.6. The molecule has 1 aliphatic heterocycles. The third-order valence-electron chi connectivity index (χ3n) is 5.67. The number of amides is 1. The quantitative estimate of drug-likeness (QED) is 0.765. The fourth-order valence-corrected chi connectivity index (χ4v) is 5.03. The number of carbonyl (C=O) groups excluding carboxylic acids is 1. The van der Waals surface area contributed by atoms with E-state index < -0.39 is 10.0 Å². The van der Waals surface area contributed by atoms with E-state index in [0.717, 1.165) is 18.4 Å². The number of hydrogen-bond donors (Lipinski definition) is 1. The van der Waals surface area contributed by atoms with Crippen LogP contribution in [0.3, 0.4) is 0 Å². The summed E-state index contributed by atoms with van der Waals surface area (Å²) in [5, 5.41) is 2.88. The van der Waals surface area contributed by atoms with Crippen LogP contribution in [0.5, 0.6) is 0 Å². The molecule has 0 unspecified atom stereocenters. The summed E-state index contributed by atoms with van der Waals surface area (Å²) in [5.74, 6) is 0.661. The van der Waals surface area contributed by atoms with Crippen molar-refractivity contribution in [2.75, 3.05) is 18.4 Å². The van der Waals surface area contributed by atoms with E-state index >= 15 is 0 Å². The van der Waals surface area contributed by atoms with Gasteiger partial charge in [-0.25, -0.2) is 8.42 Å². The van der Waals surface area contributed by atoms with Crippen molar-refractivity contribution in [3.05, 3.63) is 59.2 Å². The van der Waals surface area contributed by atoms with Crippen LogP contribution >= 0.6 is 0 Å². The highest BCUT2D eigenvalue weighted by Crippen LogP contribution is 2.25. The molecule has 1 saturated heterocycles. The summed E-state index contributed by atoms with van der Waals surface area (Å²) in [6, 6.07) is 12.5. The molecule has 0 radical (unpaired) electrons. The molecule has 6 heteroatoms. The van der Waals surface area contributed by atoms with Gasteiger partial charge in [0.1, 0.15) is 0 Å². The Hall–Kier alpha value is -2.18. The molecule has 156 valence electrons. The Morgan fingerprint density at radius 3 is 2.28 bits per heavy atom. The summed E-state index contributed by atoms with van der Waals surface area (Å²) in [7, 11) is -3.59. The van der Waals surface area contributed by atoms with Gasteiger partial charge in [-0.2, -0.15) is 4.31 Å². The lowest BCUT2D eigenvalue weighted by atomic mass is 10.0. The van der Waals surface area contributed by atoms with Crippen molar-refractivity contribution in [1.29, 1.82) is 0 Å². The van der Waals surface area contributed by atoms with Gasteiger partial charge in [0, 0.05) is 24.3 Å². The van der Waals surface area contributed by atoms with Crippen LogP contribution in [-0.4, -0.2) is 31.7 Å². The van der Waals surface area contributed by atoms with Crippen LogP contribution in [0, 0.1) is 12.8 Å². The number of sulfonamides is 1. The summed E-state index contributed by atoms with van der Waals surface area (Å²) in [4.78, 5) is 13.0. The van der Waals surface area contributed by atoms with Gasteiger partial charge >= 0.3 is 0 Å². The van der Waals surface area contributed by atoms with E-state index in [1.54, 1.807) is 12.1 Å². The average Bonchev–Trinajstić information content (AvgIpc) is 2.68. The highest BCUT2D eigenvalue weighted by Gasteiger charge is 2.29. The van der Waals surface area contributed by atoms with Gasteiger partial charge in [0.25, 0.3) is 5.91 Å². The third kappa shape index (κ3) is 4.87. The molecule has 5 nitrogen and oxygen atoms in total. The molecule has 1 amide bonds. The second-order valence-corrected chi connectivity index (χ2v) is 10.2. The van der Waals surface area contributed by atoms with Gasteiger partial charge in [-0.15, -0.1) is 0 Å². The van der Waals surface area contributed by atoms with Crippen molar-refractivity contribution >= 4 is 21.6 Å². The lowest BCUT2D eigenvalue weighted by Crippen LogP contribution is -2.38. The second-order valence-electron chi connectivity index (χ2n) is 8.29. The molecular weight excluding hydrogens is 384 g/mol. The van der Waals surface area contributed by atoms with Gasteiger partial charge in [-0.05, 0) is 67.0 Å². The molecule has 2 aromatic rings. The number of aryl methyl sites for hydroxylation is 1. The van der Waals surface area contributed by atoms with Gasteiger partial charge in [-0.1, -0.05) is 39.0 Å². The van der Waals surface area contributed by atoms with Crippen molar-refractivity contribution in [2.24, 2.45) is 5.92 Å². The molecule has 1 aliphatic rings. The average molecular weight is 415 g/mol. The van der Waals surface area contributed by atoms with Crippen LogP contribution < -0.4 is 5.32 Å². The standard InChI is InChI=1S/C23H30N2O3S/c1-16(2)19-6-8-20(9-7-19)24-23(26)22-15-21(10-5-18(22)4)29(27,28)25-13-11-17(3)12-14-25/h5-10,15-17H,11-14H2,1-4H3,(H,24,26). The molecule has 0 spiro atoms. The van der Waals surface area contributed by atoms with Gasteiger partial charge in [0.2, 0.25) is 10.0 Å². The van der Waals surface area contributed by atoms with Crippen LogP contribution in [0.25, 0.3) is 0 Å². The fraction of sp³-hybridized carbons (Fsp3) is 0.435. The first-order valence-corrected chi connectivity index (χ1v) is 11.6. The smallest absolute Gasteiger partial charge is 0.255 e. The lowest BCUT2D eigenvalue weighted by molar-refractivity contribution is 0.102. The molecule has 0 saturated carbocycles. The minimum absolute atomic E-state index is 0.179. The van der Waals surface area contributed by atoms with Gasteiger partial charge in [0.15, 0.2) is 0 Å². The number of benzene rings is 2. The van der Waals surface area contributed by atoms with Crippen LogP contribution in [0.1, 0.15) is 61.0 Å². The number of carbonyl (C=O) groups is 1. The molecule has 2 aromatic carbocycles. The molecule has 0 atom stereocenters. The third-order valence-corrected chi connectivity index (χ3v) is 7.56. The van der Waals surface area contributed by atoms with E-state index in [1.807, 2.05) is 31.2 Å². The zero-order valence-corrected chi connectivity index (χ0v) is 18.4. The minimum Gasteiger partial charge on any atom is -0.322 e. The Balaban J connectivity index is 1.82. The maximum absolute atomic E-state index is 13.0. The number of rotatable bonds is 5. The predicted molar refractivity (Wildman–Crippen MR) is 117 cm³/mol. The summed E-state index contributed by atoms with van der Waals surface area (Å²) in [6.07, 6.45) is 1.73. The lowest BCUT2D eigenvalue weighted by Gasteiger charge is -2.29. The molecule has 1 fully saturated rings. The molecule has 29 heavy (non-hydrogen) atoms. The summed E-state index contributed by atoms with van der Waals surface area (Å²) >= 11 is 0. The Morgan fingerprint density at radius 2 is 1.69 bits per heavy atom. The van der Waals surface area contributed by atoms with Gasteiger partial charge in [-0.3, -0.25) is 4.79 Å². The number of nitrogens with zero attached hydrogens (tertiary/aromatic N) is 1. The van der Waals surface area contributed by atoms with Crippen molar-refractivity contribution in [3.63, 3.8) is 0 Å². The van der Waals surface area contributed by atoms with E-state index in [1.165, 1.54) is 15.9 Å². The van der Waals surface area contributed by atoms with Crippen LogP contribution in [0.4, 0.5) is 5.69 Å². The summed E-state index contributed by atoms with van der Waals surface area (Å²) in [5.41, 5.74) is 3.01. The van der Waals surface area contributed by atoms with E-state index in [4.69, 9.17) is 0 Å². The molecule has 1 N–H and O–H groups in total. The molecule has 0 aliphatic carbocycles. The Bertz CT molecular complexity index is 974.